The highest BCUT2D eigenvalue weighted by Gasteiger charge is 2.30. The number of alkyl halides is 3. The van der Waals surface area contributed by atoms with Crippen LogP contribution in [-0.4, -0.2) is 12.5 Å². The summed E-state index contributed by atoms with van der Waals surface area (Å²) < 4.78 is 43.9. The van der Waals surface area contributed by atoms with Crippen LogP contribution in [0.1, 0.15) is 15.9 Å². The Bertz CT molecular complexity index is 1030. The fourth-order valence-electron chi connectivity index (χ4n) is 2.67. The van der Waals surface area contributed by atoms with Crippen molar-refractivity contribution >= 4 is 5.91 Å². The van der Waals surface area contributed by atoms with E-state index in [1.54, 1.807) is 36.4 Å². The molecular weight excluding hydrogens is 379 g/mol. The summed E-state index contributed by atoms with van der Waals surface area (Å²) in [5, 5.41) is 2.59. The fourth-order valence-corrected chi connectivity index (χ4v) is 2.67. The van der Waals surface area contributed by atoms with E-state index in [0.717, 1.165) is 23.3 Å². The van der Waals surface area contributed by atoms with Gasteiger partial charge >= 0.3 is 6.18 Å². The molecular formula is C23H16F3NO2. The molecule has 0 spiro atoms. The van der Waals surface area contributed by atoms with Crippen LogP contribution in [0.15, 0.2) is 72.8 Å². The lowest BCUT2D eigenvalue weighted by Gasteiger charge is -2.13. The summed E-state index contributed by atoms with van der Waals surface area (Å²) in [6.45, 7) is 0.143. The highest BCUT2D eigenvalue weighted by molar-refractivity contribution is 5.94. The van der Waals surface area contributed by atoms with E-state index in [1.807, 2.05) is 12.1 Å². The standard InChI is InChI=1S/C23H16F3NO2/c1-2-15-27-22(28)17-9-7-16(8-10-17)20-5-3-4-6-21(20)29-19-13-11-18(12-14-19)23(24,25)26/h1,3-14H,15H2,(H,27,28). The number of carbonyl (C=O) groups is 1. The molecule has 0 aliphatic rings. The van der Waals surface area contributed by atoms with Gasteiger partial charge in [0.25, 0.3) is 5.91 Å². The second-order valence-electron chi connectivity index (χ2n) is 6.08. The molecule has 3 rings (SSSR count). The molecule has 3 aromatic rings. The molecule has 0 aliphatic carbocycles. The van der Waals surface area contributed by atoms with Crippen molar-refractivity contribution in [1.29, 1.82) is 0 Å². The monoisotopic (exact) mass is 395 g/mol. The molecule has 0 heterocycles. The molecule has 0 unspecified atom stereocenters. The SMILES string of the molecule is C#CCNC(=O)c1ccc(-c2ccccc2Oc2ccc(C(F)(F)F)cc2)cc1. The normalized spacial score (nSPS) is 10.8. The van der Waals surface area contributed by atoms with Crippen molar-refractivity contribution in [2.75, 3.05) is 6.54 Å². The van der Waals surface area contributed by atoms with Gasteiger partial charge in [0.1, 0.15) is 11.5 Å². The van der Waals surface area contributed by atoms with Crippen molar-refractivity contribution in [2.45, 2.75) is 6.18 Å². The molecule has 1 N–H and O–H groups in total. The summed E-state index contributed by atoms with van der Waals surface area (Å²) in [4.78, 5) is 11.9. The van der Waals surface area contributed by atoms with Crippen LogP contribution in [0.3, 0.4) is 0 Å². The molecule has 6 heteroatoms. The van der Waals surface area contributed by atoms with Gasteiger partial charge in [0, 0.05) is 11.1 Å². The number of nitrogens with one attached hydrogen (secondary N) is 1. The topological polar surface area (TPSA) is 38.3 Å². The average Bonchev–Trinajstić information content (AvgIpc) is 2.72. The van der Waals surface area contributed by atoms with Crippen molar-refractivity contribution < 1.29 is 22.7 Å². The summed E-state index contributed by atoms with van der Waals surface area (Å²) in [6.07, 6.45) is 0.732. The third kappa shape index (κ3) is 4.96. The maximum Gasteiger partial charge on any atom is 0.416 e. The first-order valence-corrected chi connectivity index (χ1v) is 8.65. The summed E-state index contributed by atoms with van der Waals surface area (Å²) in [6, 6.07) is 18.5. The van der Waals surface area contributed by atoms with Gasteiger partial charge in [-0.25, -0.2) is 0 Å². The molecule has 0 fully saturated rings. The molecule has 29 heavy (non-hydrogen) atoms. The summed E-state index contributed by atoms with van der Waals surface area (Å²) in [7, 11) is 0. The molecule has 3 aromatic carbocycles. The lowest BCUT2D eigenvalue weighted by atomic mass is 10.0. The number of benzene rings is 3. The molecule has 0 saturated heterocycles. The van der Waals surface area contributed by atoms with Crippen LogP contribution in [-0.2, 0) is 6.18 Å². The van der Waals surface area contributed by atoms with Crippen LogP contribution >= 0.6 is 0 Å². The van der Waals surface area contributed by atoms with Gasteiger partial charge in [-0.15, -0.1) is 6.42 Å². The molecule has 0 atom stereocenters. The molecule has 0 radical (unpaired) electrons. The zero-order valence-corrected chi connectivity index (χ0v) is 15.2. The molecule has 0 saturated carbocycles. The van der Waals surface area contributed by atoms with Crippen molar-refractivity contribution in [3.63, 3.8) is 0 Å². The van der Waals surface area contributed by atoms with E-state index in [9.17, 15) is 18.0 Å². The van der Waals surface area contributed by atoms with Crippen molar-refractivity contribution in [1.82, 2.24) is 5.32 Å². The van der Waals surface area contributed by atoms with E-state index in [0.29, 0.717) is 11.3 Å². The summed E-state index contributed by atoms with van der Waals surface area (Å²) in [5.41, 5.74) is 1.26. The summed E-state index contributed by atoms with van der Waals surface area (Å²) in [5.74, 6) is 2.83. The Morgan fingerprint density at radius 2 is 1.62 bits per heavy atom. The number of terminal acetylenes is 1. The van der Waals surface area contributed by atoms with Crippen LogP contribution in [0.4, 0.5) is 13.2 Å². The van der Waals surface area contributed by atoms with E-state index in [-0.39, 0.29) is 18.2 Å². The van der Waals surface area contributed by atoms with Crippen LogP contribution in [0.25, 0.3) is 11.1 Å². The Kier molecular flexibility index (Phi) is 5.89. The minimum atomic E-state index is -4.40. The molecule has 0 bridgehead atoms. The molecule has 146 valence electrons. The Morgan fingerprint density at radius 3 is 2.24 bits per heavy atom. The second-order valence-corrected chi connectivity index (χ2v) is 6.08. The van der Waals surface area contributed by atoms with Crippen molar-refractivity contribution in [3.05, 3.63) is 83.9 Å². The van der Waals surface area contributed by atoms with Gasteiger partial charge in [0.2, 0.25) is 0 Å². The van der Waals surface area contributed by atoms with Gasteiger partial charge in [-0.3, -0.25) is 4.79 Å². The smallest absolute Gasteiger partial charge is 0.416 e. The van der Waals surface area contributed by atoms with Crippen LogP contribution in [0.5, 0.6) is 11.5 Å². The molecule has 0 aromatic heterocycles. The number of hydrogen-bond acceptors (Lipinski definition) is 2. The van der Waals surface area contributed by atoms with E-state index >= 15 is 0 Å². The Hall–Kier alpha value is -3.72. The summed E-state index contributed by atoms with van der Waals surface area (Å²) >= 11 is 0. The van der Waals surface area contributed by atoms with Crippen molar-refractivity contribution in [2.24, 2.45) is 0 Å². The van der Waals surface area contributed by atoms with E-state index < -0.39 is 11.7 Å². The maximum absolute atomic E-state index is 12.7. The number of halogens is 3. The maximum atomic E-state index is 12.7. The third-order valence-corrected chi connectivity index (χ3v) is 4.11. The van der Waals surface area contributed by atoms with Gasteiger partial charge in [0.05, 0.1) is 12.1 Å². The van der Waals surface area contributed by atoms with Crippen molar-refractivity contribution in [3.8, 4) is 35.0 Å². The first kappa shape index (κ1) is 20.0. The average molecular weight is 395 g/mol. The number of para-hydroxylation sites is 1. The van der Waals surface area contributed by atoms with Crippen LogP contribution in [0.2, 0.25) is 0 Å². The minimum absolute atomic E-state index is 0.143. The first-order chi connectivity index (χ1) is 13.9. The van der Waals surface area contributed by atoms with E-state index in [1.165, 1.54) is 12.1 Å². The highest BCUT2D eigenvalue weighted by Crippen LogP contribution is 2.35. The number of ether oxygens (including phenoxy) is 1. The third-order valence-electron chi connectivity index (χ3n) is 4.11. The lowest BCUT2D eigenvalue weighted by molar-refractivity contribution is -0.137. The molecule has 1 amide bonds. The number of amides is 1. The number of hydrogen-bond donors (Lipinski definition) is 1. The predicted molar refractivity (Wildman–Crippen MR) is 105 cm³/mol. The molecule has 0 aliphatic heterocycles. The van der Waals surface area contributed by atoms with E-state index in [2.05, 4.69) is 11.2 Å². The van der Waals surface area contributed by atoms with Crippen LogP contribution in [0, 0.1) is 12.3 Å². The Labute approximate surface area is 166 Å². The van der Waals surface area contributed by atoms with Gasteiger partial charge in [-0.1, -0.05) is 36.3 Å². The lowest BCUT2D eigenvalue weighted by Crippen LogP contribution is -2.23. The van der Waals surface area contributed by atoms with Gasteiger partial charge in [-0.05, 0) is 48.0 Å². The van der Waals surface area contributed by atoms with Gasteiger partial charge in [0.15, 0.2) is 0 Å². The first-order valence-electron chi connectivity index (χ1n) is 8.65. The highest BCUT2D eigenvalue weighted by atomic mass is 19.4. The number of carbonyl (C=O) groups excluding carboxylic acids is 1. The fraction of sp³-hybridized carbons (Fsp3) is 0.0870. The van der Waals surface area contributed by atoms with Gasteiger partial charge < -0.3 is 10.1 Å². The van der Waals surface area contributed by atoms with Gasteiger partial charge in [-0.2, -0.15) is 13.2 Å². The molecule has 3 nitrogen and oxygen atoms in total. The largest absolute Gasteiger partial charge is 0.457 e. The Morgan fingerprint density at radius 1 is 0.966 bits per heavy atom. The zero-order valence-electron chi connectivity index (χ0n) is 15.2. The van der Waals surface area contributed by atoms with E-state index in [4.69, 9.17) is 11.2 Å². The second kappa shape index (κ2) is 8.53. The minimum Gasteiger partial charge on any atom is -0.457 e. The Balaban J connectivity index is 1.82. The zero-order chi connectivity index (χ0) is 20.9. The quantitative estimate of drug-likeness (QED) is 0.577. The predicted octanol–water partition coefficient (Wildman–Crippen LogP) is 5.53. The van der Waals surface area contributed by atoms with Crippen LogP contribution < -0.4 is 10.1 Å². The number of rotatable bonds is 5.